The van der Waals surface area contributed by atoms with E-state index in [-0.39, 0.29) is 11.3 Å². The Labute approximate surface area is 105 Å². The molecule has 0 unspecified atom stereocenters. The van der Waals surface area contributed by atoms with Crippen molar-refractivity contribution in [3.05, 3.63) is 0 Å². The van der Waals surface area contributed by atoms with E-state index >= 15 is 0 Å². The summed E-state index contributed by atoms with van der Waals surface area (Å²) in [7, 11) is 0. The zero-order valence-corrected chi connectivity index (χ0v) is 12.1. The van der Waals surface area contributed by atoms with Gasteiger partial charge in [-0.2, -0.15) is 0 Å². The molecule has 0 aromatic rings. The molecule has 2 nitrogen and oxygen atoms in total. The van der Waals surface area contributed by atoms with Crippen molar-refractivity contribution < 1.29 is 4.79 Å². The van der Waals surface area contributed by atoms with Crippen LogP contribution in [0.25, 0.3) is 0 Å². The highest BCUT2D eigenvalue weighted by Crippen LogP contribution is 2.21. The Bertz CT molecular complexity index is 206. The van der Waals surface area contributed by atoms with Crippen LogP contribution in [-0.4, -0.2) is 29.3 Å². The average Bonchev–Trinajstić information content (AvgIpc) is 2.15. The van der Waals surface area contributed by atoms with Gasteiger partial charge in [0.05, 0.1) is 0 Å². The van der Waals surface area contributed by atoms with E-state index in [0.717, 1.165) is 12.8 Å². The second-order valence-corrected chi connectivity index (χ2v) is 5.86. The largest absolute Gasteiger partial charge is 0.339 e. The van der Waals surface area contributed by atoms with Crippen LogP contribution >= 0.6 is 11.6 Å². The van der Waals surface area contributed by atoms with E-state index in [2.05, 4.69) is 34.6 Å². The Balaban J connectivity index is 4.57. The van der Waals surface area contributed by atoms with Crippen molar-refractivity contribution in [1.82, 2.24) is 4.90 Å². The SMILES string of the molecule is CCC(CC)N(CCCl)C(=O)CC(C)(C)C. The molecule has 0 saturated carbocycles. The zero-order valence-electron chi connectivity index (χ0n) is 11.3. The minimum Gasteiger partial charge on any atom is -0.339 e. The number of halogens is 1. The molecule has 3 heteroatoms. The van der Waals surface area contributed by atoms with Crippen molar-refractivity contribution >= 4 is 17.5 Å². The van der Waals surface area contributed by atoms with E-state index in [1.807, 2.05) is 4.90 Å². The number of nitrogens with zero attached hydrogens (tertiary/aromatic N) is 1. The summed E-state index contributed by atoms with van der Waals surface area (Å²) in [5.74, 6) is 0.758. The molecule has 0 radical (unpaired) electrons. The third-order valence-electron chi connectivity index (χ3n) is 2.71. The first kappa shape index (κ1) is 15.8. The molecule has 0 bridgehead atoms. The summed E-state index contributed by atoms with van der Waals surface area (Å²) >= 11 is 5.78. The smallest absolute Gasteiger partial charge is 0.223 e. The highest BCUT2D eigenvalue weighted by Gasteiger charge is 2.24. The number of rotatable bonds is 6. The van der Waals surface area contributed by atoms with Crippen LogP contribution in [0.2, 0.25) is 0 Å². The van der Waals surface area contributed by atoms with E-state index in [1.165, 1.54) is 0 Å². The van der Waals surface area contributed by atoms with Crippen LogP contribution in [-0.2, 0) is 4.79 Å². The third-order valence-corrected chi connectivity index (χ3v) is 2.88. The summed E-state index contributed by atoms with van der Waals surface area (Å²) in [6, 6.07) is 0.341. The number of carbonyl (C=O) groups excluding carboxylic acids is 1. The highest BCUT2D eigenvalue weighted by molar-refractivity contribution is 6.18. The summed E-state index contributed by atoms with van der Waals surface area (Å²) in [6.45, 7) is 11.2. The first-order valence-electron chi connectivity index (χ1n) is 6.21. The highest BCUT2D eigenvalue weighted by atomic mass is 35.5. The fourth-order valence-electron chi connectivity index (χ4n) is 1.89. The predicted molar refractivity (Wildman–Crippen MR) is 70.9 cm³/mol. The molecule has 0 aromatic carbocycles. The van der Waals surface area contributed by atoms with Gasteiger partial charge >= 0.3 is 0 Å². The van der Waals surface area contributed by atoms with Crippen molar-refractivity contribution in [2.45, 2.75) is 59.9 Å². The Morgan fingerprint density at radius 3 is 2.06 bits per heavy atom. The number of carbonyl (C=O) groups is 1. The first-order valence-corrected chi connectivity index (χ1v) is 6.74. The Morgan fingerprint density at radius 1 is 1.25 bits per heavy atom. The van der Waals surface area contributed by atoms with Crippen molar-refractivity contribution in [3.8, 4) is 0 Å². The van der Waals surface area contributed by atoms with Crippen LogP contribution in [0.4, 0.5) is 0 Å². The van der Waals surface area contributed by atoms with Gasteiger partial charge in [-0.05, 0) is 18.3 Å². The molecular weight excluding hydrogens is 222 g/mol. The van der Waals surface area contributed by atoms with Crippen LogP contribution in [0.15, 0.2) is 0 Å². The molecule has 0 atom stereocenters. The van der Waals surface area contributed by atoms with Gasteiger partial charge in [-0.25, -0.2) is 0 Å². The van der Waals surface area contributed by atoms with Crippen LogP contribution in [0.5, 0.6) is 0 Å². The summed E-state index contributed by atoms with van der Waals surface area (Å²) in [5.41, 5.74) is 0.0493. The lowest BCUT2D eigenvalue weighted by Crippen LogP contribution is -2.42. The maximum atomic E-state index is 12.2. The van der Waals surface area contributed by atoms with Crippen molar-refractivity contribution in [2.75, 3.05) is 12.4 Å². The molecule has 0 aromatic heterocycles. The van der Waals surface area contributed by atoms with Crippen molar-refractivity contribution in [1.29, 1.82) is 0 Å². The third kappa shape index (κ3) is 5.74. The normalized spacial score (nSPS) is 11.9. The maximum Gasteiger partial charge on any atom is 0.223 e. The second-order valence-electron chi connectivity index (χ2n) is 5.48. The van der Waals surface area contributed by atoms with Gasteiger partial charge in [0.2, 0.25) is 5.91 Å². The Kier molecular flexibility index (Phi) is 7.05. The fraction of sp³-hybridized carbons (Fsp3) is 0.923. The number of hydrogen-bond donors (Lipinski definition) is 0. The molecule has 0 saturated heterocycles. The molecule has 1 amide bonds. The first-order chi connectivity index (χ1) is 7.35. The van der Waals surface area contributed by atoms with E-state index < -0.39 is 0 Å². The van der Waals surface area contributed by atoms with Crippen LogP contribution in [0.3, 0.4) is 0 Å². The van der Waals surface area contributed by atoms with E-state index in [4.69, 9.17) is 11.6 Å². The van der Waals surface area contributed by atoms with Gasteiger partial charge < -0.3 is 4.90 Å². The van der Waals surface area contributed by atoms with Crippen molar-refractivity contribution in [3.63, 3.8) is 0 Å². The second kappa shape index (κ2) is 7.16. The fourth-order valence-corrected chi connectivity index (χ4v) is 2.07. The van der Waals surface area contributed by atoms with E-state index in [0.29, 0.717) is 24.9 Å². The lowest BCUT2D eigenvalue weighted by Gasteiger charge is -2.32. The van der Waals surface area contributed by atoms with Gasteiger partial charge in [0, 0.05) is 24.9 Å². The van der Waals surface area contributed by atoms with E-state index in [9.17, 15) is 4.79 Å². The molecule has 96 valence electrons. The van der Waals surface area contributed by atoms with Gasteiger partial charge in [-0.1, -0.05) is 34.6 Å². The summed E-state index contributed by atoms with van der Waals surface area (Å²) in [6.07, 6.45) is 2.60. The zero-order chi connectivity index (χ0) is 12.8. The number of hydrogen-bond acceptors (Lipinski definition) is 1. The predicted octanol–water partition coefficient (Wildman–Crippen LogP) is 3.68. The monoisotopic (exact) mass is 247 g/mol. The molecule has 0 aliphatic carbocycles. The van der Waals surface area contributed by atoms with Gasteiger partial charge in [0.15, 0.2) is 0 Å². The quantitative estimate of drug-likeness (QED) is 0.656. The van der Waals surface area contributed by atoms with Crippen molar-refractivity contribution in [2.24, 2.45) is 5.41 Å². The van der Waals surface area contributed by atoms with E-state index in [1.54, 1.807) is 0 Å². The van der Waals surface area contributed by atoms with Crippen LogP contribution < -0.4 is 0 Å². The van der Waals surface area contributed by atoms with Crippen LogP contribution in [0.1, 0.15) is 53.9 Å². The minimum atomic E-state index is 0.0493. The molecule has 16 heavy (non-hydrogen) atoms. The molecule has 0 spiro atoms. The van der Waals surface area contributed by atoms with Gasteiger partial charge in [-0.15, -0.1) is 11.6 Å². The summed E-state index contributed by atoms with van der Waals surface area (Å²) in [5, 5.41) is 0. The summed E-state index contributed by atoms with van der Waals surface area (Å²) in [4.78, 5) is 14.1. The molecule has 0 aliphatic heterocycles. The lowest BCUT2D eigenvalue weighted by atomic mass is 9.91. The number of amides is 1. The number of alkyl halides is 1. The Hall–Kier alpha value is -0.240. The minimum absolute atomic E-state index is 0.0493. The van der Waals surface area contributed by atoms with Gasteiger partial charge in [-0.3, -0.25) is 4.79 Å². The molecule has 0 rings (SSSR count). The standard InChI is InChI=1S/C13H26ClNO/c1-6-11(7-2)15(9-8-14)12(16)10-13(3,4)5/h11H,6-10H2,1-5H3. The molecular formula is C13H26ClNO. The lowest BCUT2D eigenvalue weighted by molar-refractivity contribution is -0.135. The Morgan fingerprint density at radius 2 is 1.75 bits per heavy atom. The topological polar surface area (TPSA) is 20.3 Å². The molecule has 0 heterocycles. The van der Waals surface area contributed by atoms with Gasteiger partial charge in [0.1, 0.15) is 0 Å². The molecule has 0 aliphatic rings. The summed E-state index contributed by atoms with van der Waals surface area (Å²) < 4.78 is 0. The molecule has 0 N–H and O–H groups in total. The maximum absolute atomic E-state index is 12.2. The van der Waals surface area contributed by atoms with Gasteiger partial charge in [0.25, 0.3) is 0 Å². The average molecular weight is 248 g/mol. The molecule has 0 fully saturated rings. The van der Waals surface area contributed by atoms with Crippen LogP contribution in [0, 0.1) is 5.41 Å².